The SMILES string of the molecule is Cc1ccc(C(=O)O)cc1C(=O)Nc1c(C)ccc(-c2ccccc2)c1Cl. The normalized spacial score (nSPS) is 10.5. The molecule has 0 heterocycles. The minimum Gasteiger partial charge on any atom is -0.478 e. The van der Waals surface area contributed by atoms with Crippen LogP contribution in [0.5, 0.6) is 0 Å². The van der Waals surface area contributed by atoms with Crippen molar-refractivity contribution in [3.8, 4) is 11.1 Å². The van der Waals surface area contributed by atoms with Crippen molar-refractivity contribution in [2.75, 3.05) is 5.32 Å². The third kappa shape index (κ3) is 3.86. The highest BCUT2D eigenvalue weighted by molar-refractivity contribution is 6.37. The summed E-state index contributed by atoms with van der Waals surface area (Å²) >= 11 is 6.59. The van der Waals surface area contributed by atoms with Crippen LogP contribution in [0.15, 0.2) is 60.7 Å². The van der Waals surface area contributed by atoms with Crippen LogP contribution < -0.4 is 5.32 Å². The molecule has 0 saturated carbocycles. The second kappa shape index (κ2) is 7.64. The highest BCUT2D eigenvalue weighted by Crippen LogP contribution is 2.36. The minimum atomic E-state index is -1.08. The van der Waals surface area contributed by atoms with Crippen molar-refractivity contribution in [3.05, 3.63) is 87.9 Å². The maximum atomic E-state index is 12.8. The molecule has 136 valence electrons. The molecule has 2 N–H and O–H groups in total. The monoisotopic (exact) mass is 379 g/mol. The number of benzene rings is 3. The molecule has 3 aromatic rings. The first-order chi connectivity index (χ1) is 12.9. The third-order valence-corrected chi connectivity index (χ3v) is 4.80. The van der Waals surface area contributed by atoms with Crippen molar-refractivity contribution in [2.45, 2.75) is 13.8 Å². The van der Waals surface area contributed by atoms with Gasteiger partial charge in [0.2, 0.25) is 0 Å². The number of carbonyl (C=O) groups is 2. The average Bonchev–Trinajstić information content (AvgIpc) is 2.66. The van der Waals surface area contributed by atoms with Crippen LogP contribution in [0.25, 0.3) is 11.1 Å². The van der Waals surface area contributed by atoms with Crippen LogP contribution in [0.4, 0.5) is 5.69 Å². The number of amides is 1. The summed E-state index contributed by atoms with van der Waals surface area (Å²) in [6.07, 6.45) is 0. The van der Waals surface area contributed by atoms with Gasteiger partial charge in [-0.2, -0.15) is 0 Å². The standard InChI is InChI=1S/C22H18ClNO3/c1-13-8-10-16(22(26)27)12-18(13)21(25)24-20-14(2)9-11-17(19(20)23)15-6-4-3-5-7-15/h3-12H,1-2H3,(H,24,25)(H,26,27). The number of aryl methyl sites for hydroxylation is 2. The lowest BCUT2D eigenvalue weighted by Crippen LogP contribution is -2.15. The first-order valence-corrected chi connectivity index (χ1v) is 8.76. The van der Waals surface area contributed by atoms with Crippen LogP contribution in [0.3, 0.4) is 0 Å². The van der Waals surface area contributed by atoms with E-state index in [1.165, 1.54) is 12.1 Å². The van der Waals surface area contributed by atoms with Crippen molar-refractivity contribution < 1.29 is 14.7 Å². The molecule has 0 saturated heterocycles. The van der Waals surface area contributed by atoms with Crippen molar-refractivity contribution in [1.29, 1.82) is 0 Å². The van der Waals surface area contributed by atoms with Gasteiger partial charge in [-0.25, -0.2) is 4.79 Å². The molecule has 0 aliphatic carbocycles. The van der Waals surface area contributed by atoms with Crippen LogP contribution in [-0.2, 0) is 0 Å². The summed E-state index contributed by atoms with van der Waals surface area (Å²) in [5.41, 5.74) is 4.15. The van der Waals surface area contributed by atoms with E-state index in [-0.39, 0.29) is 5.56 Å². The van der Waals surface area contributed by atoms with Crippen LogP contribution >= 0.6 is 11.6 Å². The van der Waals surface area contributed by atoms with E-state index in [4.69, 9.17) is 16.7 Å². The van der Waals surface area contributed by atoms with E-state index in [0.29, 0.717) is 21.8 Å². The Hall–Kier alpha value is -3.11. The number of nitrogens with one attached hydrogen (secondary N) is 1. The van der Waals surface area contributed by atoms with Gasteiger partial charge in [0.1, 0.15) is 0 Å². The number of hydrogen-bond acceptors (Lipinski definition) is 2. The Morgan fingerprint density at radius 2 is 1.59 bits per heavy atom. The fourth-order valence-corrected chi connectivity index (χ4v) is 3.22. The highest BCUT2D eigenvalue weighted by Gasteiger charge is 2.17. The molecule has 0 aliphatic heterocycles. The maximum Gasteiger partial charge on any atom is 0.335 e. The Morgan fingerprint density at radius 3 is 2.26 bits per heavy atom. The minimum absolute atomic E-state index is 0.0617. The van der Waals surface area contributed by atoms with Crippen LogP contribution in [-0.4, -0.2) is 17.0 Å². The highest BCUT2D eigenvalue weighted by atomic mass is 35.5. The maximum absolute atomic E-state index is 12.8. The van der Waals surface area contributed by atoms with E-state index >= 15 is 0 Å². The Kier molecular flexibility index (Phi) is 5.28. The van der Waals surface area contributed by atoms with Gasteiger partial charge in [-0.1, -0.05) is 60.1 Å². The quantitative estimate of drug-likeness (QED) is 0.622. The molecule has 3 aromatic carbocycles. The number of hydrogen-bond donors (Lipinski definition) is 2. The number of anilines is 1. The van der Waals surface area contributed by atoms with Crippen molar-refractivity contribution in [3.63, 3.8) is 0 Å². The summed E-state index contributed by atoms with van der Waals surface area (Å²) in [6, 6.07) is 17.9. The van der Waals surface area contributed by atoms with Crippen LogP contribution in [0.1, 0.15) is 31.8 Å². The predicted molar refractivity (Wildman–Crippen MR) is 108 cm³/mol. The van der Waals surface area contributed by atoms with E-state index in [0.717, 1.165) is 16.7 Å². The van der Waals surface area contributed by atoms with Crippen LogP contribution in [0, 0.1) is 13.8 Å². The summed E-state index contributed by atoms with van der Waals surface area (Å²) in [4.78, 5) is 24.0. The topological polar surface area (TPSA) is 66.4 Å². The van der Waals surface area contributed by atoms with Gasteiger partial charge in [-0.15, -0.1) is 0 Å². The molecule has 0 radical (unpaired) electrons. The Morgan fingerprint density at radius 1 is 0.926 bits per heavy atom. The van der Waals surface area contributed by atoms with E-state index in [9.17, 15) is 9.59 Å². The number of carbonyl (C=O) groups excluding carboxylic acids is 1. The van der Waals surface area contributed by atoms with Crippen molar-refractivity contribution in [1.82, 2.24) is 0 Å². The fraction of sp³-hybridized carbons (Fsp3) is 0.0909. The van der Waals surface area contributed by atoms with Gasteiger partial charge in [-0.05, 0) is 42.7 Å². The number of carboxylic acids is 1. The van der Waals surface area contributed by atoms with Gasteiger partial charge >= 0.3 is 5.97 Å². The van der Waals surface area contributed by atoms with E-state index in [1.54, 1.807) is 13.0 Å². The smallest absolute Gasteiger partial charge is 0.335 e. The Bertz CT molecular complexity index is 1030. The zero-order chi connectivity index (χ0) is 19.6. The van der Waals surface area contributed by atoms with Gasteiger partial charge < -0.3 is 10.4 Å². The summed E-state index contributed by atoms with van der Waals surface area (Å²) in [6.45, 7) is 3.62. The summed E-state index contributed by atoms with van der Waals surface area (Å²) in [5, 5.41) is 12.5. The first-order valence-electron chi connectivity index (χ1n) is 8.38. The van der Waals surface area contributed by atoms with E-state index in [1.807, 2.05) is 49.4 Å². The molecule has 5 heteroatoms. The van der Waals surface area contributed by atoms with Gasteiger partial charge in [0.15, 0.2) is 0 Å². The average molecular weight is 380 g/mol. The second-order valence-corrected chi connectivity index (χ2v) is 6.65. The number of aromatic carboxylic acids is 1. The number of rotatable bonds is 4. The lowest BCUT2D eigenvalue weighted by atomic mass is 10.0. The lowest BCUT2D eigenvalue weighted by Gasteiger charge is -2.15. The second-order valence-electron chi connectivity index (χ2n) is 6.27. The van der Waals surface area contributed by atoms with Crippen molar-refractivity contribution >= 4 is 29.2 Å². The van der Waals surface area contributed by atoms with Gasteiger partial charge in [-0.3, -0.25) is 4.79 Å². The molecule has 3 rings (SSSR count). The van der Waals surface area contributed by atoms with Gasteiger partial charge in [0, 0.05) is 11.1 Å². The van der Waals surface area contributed by atoms with Crippen molar-refractivity contribution in [2.24, 2.45) is 0 Å². The number of carboxylic acid groups (broad SMARTS) is 1. The van der Waals surface area contributed by atoms with E-state index < -0.39 is 11.9 Å². The zero-order valence-electron chi connectivity index (χ0n) is 14.9. The molecule has 4 nitrogen and oxygen atoms in total. The predicted octanol–water partition coefficient (Wildman–Crippen LogP) is 5.57. The molecule has 0 atom stereocenters. The zero-order valence-corrected chi connectivity index (χ0v) is 15.7. The summed E-state index contributed by atoms with van der Waals surface area (Å²) in [7, 11) is 0. The summed E-state index contributed by atoms with van der Waals surface area (Å²) in [5.74, 6) is -1.48. The molecular formula is C22H18ClNO3. The molecule has 0 bridgehead atoms. The molecule has 0 unspecified atom stereocenters. The molecule has 0 aromatic heterocycles. The Labute approximate surface area is 162 Å². The first kappa shape index (κ1) is 18.7. The van der Waals surface area contributed by atoms with Crippen LogP contribution in [0.2, 0.25) is 5.02 Å². The summed E-state index contributed by atoms with van der Waals surface area (Å²) < 4.78 is 0. The fourth-order valence-electron chi connectivity index (χ4n) is 2.85. The molecule has 0 spiro atoms. The molecule has 27 heavy (non-hydrogen) atoms. The molecule has 0 aliphatic rings. The third-order valence-electron chi connectivity index (χ3n) is 4.40. The Balaban J connectivity index is 2.00. The van der Waals surface area contributed by atoms with Gasteiger partial charge in [0.25, 0.3) is 5.91 Å². The van der Waals surface area contributed by atoms with E-state index in [2.05, 4.69) is 5.32 Å². The van der Waals surface area contributed by atoms with Gasteiger partial charge in [0.05, 0.1) is 16.3 Å². The lowest BCUT2D eigenvalue weighted by molar-refractivity contribution is 0.0697. The largest absolute Gasteiger partial charge is 0.478 e. The molecule has 0 fully saturated rings. The molecular weight excluding hydrogens is 362 g/mol. The molecule has 1 amide bonds. The number of halogens is 1.